The molecule has 0 fully saturated rings. The number of halogens is 2. The van der Waals surface area contributed by atoms with Crippen LogP contribution in [0.2, 0.25) is 0 Å². The van der Waals surface area contributed by atoms with Gasteiger partial charge in [-0.15, -0.1) is 0 Å². The fourth-order valence-electron chi connectivity index (χ4n) is 2.72. The molecule has 1 aliphatic rings. The highest BCUT2D eigenvalue weighted by Gasteiger charge is 2.23. The molecule has 0 unspecified atom stereocenters. The Balaban J connectivity index is 1.93. The molecule has 2 aromatic rings. The van der Waals surface area contributed by atoms with E-state index in [-0.39, 0.29) is 0 Å². The summed E-state index contributed by atoms with van der Waals surface area (Å²) in [5.74, 6) is -0.0282. The smallest absolute Gasteiger partial charge is 0.336 e. The molecule has 1 N–H and O–H groups in total. The van der Waals surface area contributed by atoms with Crippen LogP contribution in [0.15, 0.2) is 37.8 Å². The lowest BCUT2D eigenvalue weighted by Gasteiger charge is -2.31. The number of anilines is 1. The highest BCUT2D eigenvalue weighted by atomic mass is 79.9. The molecule has 0 aliphatic carbocycles. The first-order valence-electron chi connectivity index (χ1n) is 6.60. The number of furan rings is 1. The number of carboxylic acid groups (broad SMARTS) is 1. The standard InChI is InChI=1S/C15H13Br2NO3/c16-12-7-9(21-14(12)17)8-18-6-2-4-10-11(15(19)20)3-1-5-13(10)18/h1,3,5,7H,2,4,6,8H2,(H,19,20). The second-order valence-electron chi connectivity index (χ2n) is 4.97. The Morgan fingerprint density at radius 2 is 2.19 bits per heavy atom. The molecule has 0 radical (unpaired) electrons. The Bertz CT molecular complexity index is 677. The van der Waals surface area contributed by atoms with Crippen molar-refractivity contribution >= 4 is 43.5 Å². The summed E-state index contributed by atoms with van der Waals surface area (Å²) in [6.45, 7) is 1.52. The molecule has 4 nitrogen and oxygen atoms in total. The summed E-state index contributed by atoms with van der Waals surface area (Å²) in [7, 11) is 0. The van der Waals surface area contributed by atoms with Gasteiger partial charge in [0.25, 0.3) is 0 Å². The zero-order valence-corrected chi connectivity index (χ0v) is 14.3. The van der Waals surface area contributed by atoms with Crippen molar-refractivity contribution in [1.82, 2.24) is 0 Å². The zero-order valence-electron chi connectivity index (χ0n) is 11.1. The van der Waals surface area contributed by atoms with Gasteiger partial charge >= 0.3 is 5.97 Å². The molecule has 21 heavy (non-hydrogen) atoms. The third-order valence-corrected chi connectivity index (χ3v) is 5.33. The van der Waals surface area contributed by atoms with E-state index in [4.69, 9.17) is 4.42 Å². The Hall–Kier alpha value is -1.27. The first-order chi connectivity index (χ1) is 10.1. The SMILES string of the molecule is O=C(O)c1cccc2c1CCCN2Cc1cc(Br)c(Br)o1. The molecule has 0 spiro atoms. The fourth-order valence-corrected chi connectivity index (χ4v) is 3.38. The molecule has 0 amide bonds. The van der Waals surface area contributed by atoms with Gasteiger partial charge in [0.1, 0.15) is 5.76 Å². The van der Waals surface area contributed by atoms with Crippen molar-refractivity contribution in [1.29, 1.82) is 0 Å². The average molecular weight is 415 g/mol. The molecule has 0 saturated heterocycles. The predicted molar refractivity (Wildman–Crippen MR) is 86.9 cm³/mol. The maximum Gasteiger partial charge on any atom is 0.336 e. The van der Waals surface area contributed by atoms with Crippen molar-refractivity contribution in [2.45, 2.75) is 19.4 Å². The van der Waals surface area contributed by atoms with Crippen molar-refractivity contribution in [2.24, 2.45) is 0 Å². The van der Waals surface area contributed by atoms with Crippen LogP contribution in [0.25, 0.3) is 0 Å². The van der Waals surface area contributed by atoms with E-state index < -0.39 is 5.97 Å². The van der Waals surface area contributed by atoms with E-state index in [9.17, 15) is 9.90 Å². The van der Waals surface area contributed by atoms with E-state index in [0.717, 1.165) is 40.9 Å². The number of hydrogen-bond acceptors (Lipinski definition) is 3. The van der Waals surface area contributed by atoms with Crippen LogP contribution in [0.1, 0.15) is 28.1 Å². The number of carboxylic acids is 1. The maximum absolute atomic E-state index is 11.3. The molecule has 0 saturated carbocycles. The van der Waals surface area contributed by atoms with Crippen LogP contribution in [-0.2, 0) is 13.0 Å². The molecular weight excluding hydrogens is 402 g/mol. The molecular formula is C15H13Br2NO3. The molecule has 1 aliphatic heterocycles. The second-order valence-corrected chi connectivity index (χ2v) is 6.54. The van der Waals surface area contributed by atoms with Crippen LogP contribution in [0.3, 0.4) is 0 Å². The number of carbonyl (C=O) groups is 1. The highest BCUT2D eigenvalue weighted by molar-refractivity contribution is 9.13. The van der Waals surface area contributed by atoms with E-state index in [1.807, 2.05) is 12.1 Å². The van der Waals surface area contributed by atoms with E-state index in [2.05, 4.69) is 36.8 Å². The van der Waals surface area contributed by atoms with Gasteiger partial charge in [0.05, 0.1) is 16.6 Å². The number of hydrogen-bond donors (Lipinski definition) is 1. The highest BCUT2D eigenvalue weighted by Crippen LogP contribution is 2.33. The summed E-state index contributed by atoms with van der Waals surface area (Å²) in [6, 6.07) is 7.38. The van der Waals surface area contributed by atoms with E-state index in [1.54, 1.807) is 12.1 Å². The number of nitrogens with zero attached hydrogens (tertiary/aromatic N) is 1. The van der Waals surface area contributed by atoms with Crippen molar-refractivity contribution < 1.29 is 14.3 Å². The molecule has 1 aromatic carbocycles. The van der Waals surface area contributed by atoms with E-state index in [1.165, 1.54) is 0 Å². The van der Waals surface area contributed by atoms with Crippen LogP contribution in [0.4, 0.5) is 5.69 Å². The van der Waals surface area contributed by atoms with Crippen molar-refractivity contribution in [2.75, 3.05) is 11.4 Å². The van der Waals surface area contributed by atoms with E-state index >= 15 is 0 Å². The van der Waals surface area contributed by atoms with Gasteiger partial charge in [-0.05, 0) is 68.5 Å². The normalized spacial score (nSPS) is 14.1. The average Bonchev–Trinajstić information content (AvgIpc) is 2.77. The summed E-state index contributed by atoms with van der Waals surface area (Å²) in [4.78, 5) is 13.5. The third kappa shape index (κ3) is 2.87. The van der Waals surface area contributed by atoms with Gasteiger partial charge in [-0.25, -0.2) is 4.79 Å². The summed E-state index contributed by atoms with van der Waals surface area (Å²) in [6.07, 6.45) is 1.75. The summed E-state index contributed by atoms with van der Waals surface area (Å²) in [5, 5.41) is 9.31. The lowest BCUT2D eigenvalue weighted by atomic mass is 9.96. The lowest BCUT2D eigenvalue weighted by Crippen LogP contribution is -2.29. The molecule has 0 bridgehead atoms. The van der Waals surface area contributed by atoms with Crippen LogP contribution in [-0.4, -0.2) is 17.6 Å². The summed E-state index contributed by atoms with van der Waals surface area (Å²) >= 11 is 6.74. The minimum absolute atomic E-state index is 0.402. The van der Waals surface area contributed by atoms with E-state index in [0.29, 0.717) is 16.8 Å². The van der Waals surface area contributed by atoms with Crippen LogP contribution in [0, 0.1) is 0 Å². The Morgan fingerprint density at radius 1 is 1.38 bits per heavy atom. The zero-order chi connectivity index (χ0) is 15.0. The molecule has 3 rings (SSSR count). The molecule has 6 heteroatoms. The van der Waals surface area contributed by atoms with Crippen LogP contribution >= 0.6 is 31.9 Å². The van der Waals surface area contributed by atoms with Crippen molar-refractivity contribution in [3.8, 4) is 0 Å². The summed E-state index contributed by atoms with van der Waals surface area (Å²) in [5.41, 5.74) is 2.31. The van der Waals surface area contributed by atoms with Gasteiger partial charge in [-0.1, -0.05) is 6.07 Å². The lowest BCUT2D eigenvalue weighted by molar-refractivity contribution is 0.0695. The number of aromatic carboxylic acids is 1. The van der Waals surface area contributed by atoms with Crippen LogP contribution in [0.5, 0.6) is 0 Å². The monoisotopic (exact) mass is 413 g/mol. The summed E-state index contributed by atoms with van der Waals surface area (Å²) < 4.78 is 7.18. The molecule has 110 valence electrons. The quantitative estimate of drug-likeness (QED) is 0.805. The van der Waals surface area contributed by atoms with Crippen LogP contribution < -0.4 is 4.90 Å². The first-order valence-corrected chi connectivity index (χ1v) is 8.18. The number of benzene rings is 1. The van der Waals surface area contributed by atoms with Gasteiger partial charge in [-0.3, -0.25) is 0 Å². The van der Waals surface area contributed by atoms with Gasteiger partial charge < -0.3 is 14.4 Å². The topological polar surface area (TPSA) is 53.7 Å². The Kier molecular flexibility index (Phi) is 4.08. The third-order valence-electron chi connectivity index (χ3n) is 3.62. The molecule has 0 atom stereocenters. The fraction of sp³-hybridized carbons (Fsp3) is 0.267. The largest absolute Gasteiger partial charge is 0.478 e. The minimum Gasteiger partial charge on any atom is -0.478 e. The molecule has 2 heterocycles. The molecule has 1 aromatic heterocycles. The van der Waals surface area contributed by atoms with Gasteiger partial charge in [-0.2, -0.15) is 0 Å². The Labute approximate surface area is 139 Å². The number of rotatable bonds is 3. The Morgan fingerprint density at radius 3 is 2.86 bits per heavy atom. The van der Waals surface area contributed by atoms with Gasteiger partial charge in [0.15, 0.2) is 4.67 Å². The minimum atomic E-state index is -0.864. The second kappa shape index (κ2) is 5.85. The van der Waals surface area contributed by atoms with Crippen molar-refractivity contribution in [3.05, 3.63) is 50.3 Å². The van der Waals surface area contributed by atoms with Crippen molar-refractivity contribution in [3.63, 3.8) is 0 Å². The first kappa shape index (κ1) is 14.7. The maximum atomic E-state index is 11.3. The predicted octanol–water partition coefficient (Wildman–Crippen LogP) is 4.46. The number of fused-ring (bicyclic) bond motifs is 1. The van der Waals surface area contributed by atoms with Gasteiger partial charge in [0, 0.05) is 12.2 Å². The van der Waals surface area contributed by atoms with Gasteiger partial charge in [0.2, 0.25) is 0 Å².